The van der Waals surface area contributed by atoms with Gasteiger partial charge in [-0.3, -0.25) is 0 Å². The highest BCUT2D eigenvalue weighted by atomic mass is 35.7. The van der Waals surface area contributed by atoms with Crippen molar-refractivity contribution in [3.8, 4) is 11.5 Å². The number of halogens is 1. The van der Waals surface area contributed by atoms with Gasteiger partial charge in [0.2, 0.25) is 0 Å². The minimum Gasteiger partial charge on any atom is -0.497 e. The Hall–Kier alpha value is -0.980. The first-order valence-electron chi connectivity index (χ1n) is 4.23. The lowest BCUT2D eigenvalue weighted by Gasteiger charge is -2.10. The molecular weight excluding hydrogens is 256 g/mol. The molecule has 1 rings (SSSR count). The van der Waals surface area contributed by atoms with Crippen LogP contribution in [0.2, 0.25) is 0 Å². The zero-order valence-electron chi connectivity index (χ0n) is 8.77. The summed E-state index contributed by atoms with van der Waals surface area (Å²) >= 11 is 0. The van der Waals surface area contributed by atoms with Gasteiger partial charge in [0.25, 0.3) is 9.05 Å². The molecule has 0 bridgehead atoms. The third kappa shape index (κ3) is 3.26. The lowest BCUT2D eigenvalue weighted by atomic mass is 10.3. The highest BCUT2D eigenvalue weighted by Gasteiger charge is 2.17. The SMILES string of the molecule is COCOc1cc(OC)ccc1S(=O)(=O)Cl. The van der Waals surface area contributed by atoms with Crippen molar-refractivity contribution in [2.45, 2.75) is 4.90 Å². The van der Waals surface area contributed by atoms with Gasteiger partial charge in [-0.15, -0.1) is 0 Å². The number of methoxy groups -OCH3 is 2. The number of ether oxygens (including phenoxy) is 3. The van der Waals surface area contributed by atoms with Crippen molar-refractivity contribution >= 4 is 19.7 Å². The van der Waals surface area contributed by atoms with Crippen molar-refractivity contribution in [3.05, 3.63) is 18.2 Å². The molecule has 0 aromatic heterocycles. The van der Waals surface area contributed by atoms with Gasteiger partial charge in [-0.2, -0.15) is 0 Å². The second-order valence-corrected chi connectivity index (χ2v) is 5.34. The van der Waals surface area contributed by atoms with Gasteiger partial charge in [-0.25, -0.2) is 8.42 Å². The van der Waals surface area contributed by atoms with Crippen LogP contribution in [-0.4, -0.2) is 29.4 Å². The summed E-state index contributed by atoms with van der Waals surface area (Å²) in [4.78, 5) is -0.119. The van der Waals surface area contributed by atoms with Crippen LogP contribution < -0.4 is 9.47 Å². The molecule has 0 heterocycles. The first-order chi connectivity index (χ1) is 7.49. The third-order valence-electron chi connectivity index (χ3n) is 1.75. The molecule has 0 aliphatic heterocycles. The molecule has 0 aliphatic rings. The molecule has 0 fully saturated rings. The molecule has 90 valence electrons. The molecule has 0 spiro atoms. The van der Waals surface area contributed by atoms with Crippen molar-refractivity contribution in [1.29, 1.82) is 0 Å². The Bertz CT molecular complexity index is 457. The van der Waals surface area contributed by atoms with Crippen LogP contribution in [0.25, 0.3) is 0 Å². The van der Waals surface area contributed by atoms with Gasteiger partial charge in [-0.05, 0) is 12.1 Å². The smallest absolute Gasteiger partial charge is 0.264 e. The predicted octanol–water partition coefficient (Wildman–Crippen LogP) is 1.61. The molecule has 16 heavy (non-hydrogen) atoms. The number of rotatable bonds is 5. The molecule has 0 N–H and O–H groups in total. The zero-order valence-corrected chi connectivity index (χ0v) is 10.3. The maximum absolute atomic E-state index is 11.2. The van der Waals surface area contributed by atoms with E-state index in [1.54, 1.807) is 0 Å². The molecule has 1 aromatic rings. The molecule has 1 aromatic carbocycles. The molecule has 0 radical (unpaired) electrons. The van der Waals surface area contributed by atoms with Crippen molar-refractivity contribution in [1.82, 2.24) is 0 Å². The van der Waals surface area contributed by atoms with E-state index in [1.807, 2.05) is 0 Å². The van der Waals surface area contributed by atoms with Gasteiger partial charge >= 0.3 is 0 Å². The van der Waals surface area contributed by atoms with Crippen LogP contribution in [0.4, 0.5) is 0 Å². The van der Waals surface area contributed by atoms with Crippen LogP contribution in [0.3, 0.4) is 0 Å². The highest BCUT2D eigenvalue weighted by molar-refractivity contribution is 8.13. The molecule has 0 amide bonds. The van der Waals surface area contributed by atoms with Crippen LogP contribution in [0.5, 0.6) is 11.5 Å². The average Bonchev–Trinajstić information content (AvgIpc) is 2.24. The normalized spacial score (nSPS) is 11.2. The summed E-state index contributed by atoms with van der Waals surface area (Å²) in [6.07, 6.45) is 0. The van der Waals surface area contributed by atoms with E-state index in [-0.39, 0.29) is 17.4 Å². The largest absolute Gasteiger partial charge is 0.497 e. The Kier molecular flexibility index (Phi) is 4.40. The second-order valence-electron chi connectivity index (χ2n) is 2.80. The Morgan fingerprint density at radius 2 is 2.00 bits per heavy atom. The van der Waals surface area contributed by atoms with E-state index in [0.717, 1.165) is 0 Å². The Morgan fingerprint density at radius 1 is 1.31 bits per heavy atom. The van der Waals surface area contributed by atoms with Crippen LogP contribution in [0, 0.1) is 0 Å². The predicted molar refractivity (Wildman–Crippen MR) is 58.5 cm³/mol. The van der Waals surface area contributed by atoms with Crippen LogP contribution >= 0.6 is 10.7 Å². The fourth-order valence-corrected chi connectivity index (χ4v) is 2.02. The lowest BCUT2D eigenvalue weighted by Crippen LogP contribution is -2.03. The second kappa shape index (κ2) is 5.38. The quantitative estimate of drug-likeness (QED) is 0.598. The summed E-state index contributed by atoms with van der Waals surface area (Å²) < 4.78 is 37.2. The molecule has 7 heteroatoms. The van der Waals surface area contributed by atoms with Crippen LogP contribution in [0.15, 0.2) is 23.1 Å². The lowest BCUT2D eigenvalue weighted by molar-refractivity contribution is 0.0489. The monoisotopic (exact) mass is 266 g/mol. The van der Waals surface area contributed by atoms with E-state index in [1.165, 1.54) is 32.4 Å². The first kappa shape index (κ1) is 13.1. The molecule has 5 nitrogen and oxygen atoms in total. The maximum atomic E-state index is 11.2. The van der Waals surface area contributed by atoms with E-state index in [0.29, 0.717) is 5.75 Å². The van der Waals surface area contributed by atoms with Gasteiger partial charge < -0.3 is 14.2 Å². The topological polar surface area (TPSA) is 61.8 Å². The van der Waals surface area contributed by atoms with Crippen molar-refractivity contribution in [2.24, 2.45) is 0 Å². The van der Waals surface area contributed by atoms with Gasteiger partial charge in [0.05, 0.1) is 7.11 Å². The van der Waals surface area contributed by atoms with E-state index in [9.17, 15) is 8.42 Å². The van der Waals surface area contributed by atoms with E-state index in [4.69, 9.17) is 20.2 Å². The molecule has 0 unspecified atom stereocenters. The maximum Gasteiger partial charge on any atom is 0.264 e. The minimum atomic E-state index is -3.85. The molecule has 0 aliphatic carbocycles. The molecule has 0 saturated heterocycles. The summed E-state index contributed by atoms with van der Waals surface area (Å²) in [5.41, 5.74) is 0. The van der Waals surface area contributed by atoms with E-state index < -0.39 is 9.05 Å². The Balaban J connectivity index is 3.16. The Morgan fingerprint density at radius 3 is 2.50 bits per heavy atom. The zero-order chi connectivity index (χ0) is 12.2. The summed E-state index contributed by atoms with van der Waals surface area (Å²) in [6, 6.07) is 4.22. The Labute approximate surface area is 98.3 Å². The van der Waals surface area contributed by atoms with Crippen LogP contribution in [-0.2, 0) is 13.8 Å². The minimum absolute atomic E-state index is 0.0768. The van der Waals surface area contributed by atoms with E-state index in [2.05, 4.69) is 4.74 Å². The summed E-state index contributed by atoms with van der Waals surface area (Å²) in [6.45, 7) is -0.0768. The highest BCUT2D eigenvalue weighted by Crippen LogP contribution is 2.30. The standard InChI is InChI=1S/C9H11ClO5S/c1-13-6-15-8-5-7(14-2)3-4-9(8)16(10,11)12/h3-5H,6H2,1-2H3. The molecule has 0 saturated carbocycles. The van der Waals surface area contributed by atoms with Crippen molar-refractivity contribution in [2.75, 3.05) is 21.0 Å². The number of hydrogen-bond donors (Lipinski definition) is 0. The van der Waals surface area contributed by atoms with Gasteiger partial charge in [0.15, 0.2) is 6.79 Å². The molecular formula is C9H11ClO5S. The van der Waals surface area contributed by atoms with Crippen LogP contribution in [0.1, 0.15) is 0 Å². The van der Waals surface area contributed by atoms with Gasteiger partial charge in [0.1, 0.15) is 16.4 Å². The van der Waals surface area contributed by atoms with Crippen molar-refractivity contribution in [3.63, 3.8) is 0 Å². The third-order valence-corrected chi connectivity index (χ3v) is 3.11. The average molecular weight is 267 g/mol. The summed E-state index contributed by atoms with van der Waals surface area (Å²) in [5.74, 6) is 0.561. The van der Waals surface area contributed by atoms with Gasteiger partial charge in [0, 0.05) is 23.9 Å². The summed E-state index contributed by atoms with van der Waals surface area (Å²) in [5, 5.41) is 0. The van der Waals surface area contributed by atoms with E-state index >= 15 is 0 Å². The van der Waals surface area contributed by atoms with Gasteiger partial charge in [-0.1, -0.05) is 0 Å². The fourth-order valence-electron chi connectivity index (χ4n) is 1.05. The summed E-state index contributed by atoms with van der Waals surface area (Å²) in [7, 11) is 4.28. The number of benzene rings is 1. The number of hydrogen-bond acceptors (Lipinski definition) is 5. The fraction of sp³-hybridized carbons (Fsp3) is 0.333. The first-order valence-corrected chi connectivity index (χ1v) is 6.54. The van der Waals surface area contributed by atoms with Crippen molar-refractivity contribution < 1.29 is 22.6 Å². The molecule has 0 atom stereocenters.